The standard InChI is InChI=1S/C17H21N5O4S/c1-4-21(5-2)27(25,26)17-12-15(22(23)24)6-7-16(17)20-19-13(3)14-8-10-18-11-9-14/h6-12,20H,4-5H2,1-3H3. The number of aromatic nitrogens is 1. The lowest BCUT2D eigenvalue weighted by atomic mass is 10.2. The van der Waals surface area contributed by atoms with Gasteiger partial charge in [-0.2, -0.15) is 9.41 Å². The first kappa shape index (κ1) is 20.5. The van der Waals surface area contributed by atoms with Crippen molar-refractivity contribution in [3.05, 3.63) is 58.4 Å². The minimum atomic E-state index is -3.91. The first-order chi connectivity index (χ1) is 12.8. The third kappa shape index (κ3) is 4.66. The number of nitrogens with one attached hydrogen (secondary N) is 1. The maximum absolute atomic E-state index is 12.9. The minimum Gasteiger partial charge on any atom is -0.277 e. The summed E-state index contributed by atoms with van der Waals surface area (Å²) >= 11 is 0. The molecule has 2 aromatic rings. The molecular weight excluding hydrogens is 370 g/mol. The number of rotatable bonds is 8. The Morgan fingerprint density at radius 3 is 2.41 bits per heavy atom. The van der Waals surface area contributed by atoms with Gasteiger partial charge < -0.3 is 0 Å². The molecule has 0 spiro atoms. The zero-order chi connectivity index (χ0) is 20.0. The molecule has 27 heavy (non-hydrogen) atoms. The molecule has 0 bridgehead atoms. The summed E-state index contributed by atoms with van der Waals surface area (Å²) < 4.78 is 27.1. The summed E-state index contributed by atoms with van der Waals surface area (Å²) in [5, 5.41) is 15.3. The van der Waals surface area contributed by atoms with Gasteiger partial charge in [-0.05, 0) is 25.1 Å². The quantitative estimate of drug-likeness (QED) is 0.420. The highest BCUT2D eigenvalue weighted by Gasteiger charge is 2.27. The van der Waals surface area contributed by atoms with Gasteiger partial charge in [-0.3, -0.25) is 20.5 Å². The van der Waals surface area contributed by atoms with E-state index in [1.54, 1.807) is 45.3 Å². The highest BCUT2D eigenvalue weighted by Crippen LogP contribution is 2.29. The first-order valence-corrected chi connectivity index (χ1v) is 9.74. The van der Waals surface area contributed by atoms with Crippen molar-refractivity contribution in [3.8, 4) is 0 Å². The van der Waals surface area contributed by atoms with Crippen molar-refractivity contribution in [2.24, 2.45) is 5.10 Å². The summed E-state index contributed by atoms with van der Waals surface area (Å²) in [4.78, 5) is 14.2. The summed E-state index contributed by atoms with van der Waals surface area (Å²) in [6.45, 7) is 5.67. The lowest BCUT2D eigenvalue weighted by molar-refractivity contribution is -0.385. The van der Waals surface area contributed by atoms with Crippen molar-refractivity contribution in [2.45, 2.75) is 25.7 Å². The van der Waals surface area contributed by atoms with Gasteiger partial charge in [0.05, 0.1) is 16.3 Å². The van der Waals surface area contributed by atoms with Crippen molar-refractivity contribution in [1.29, 1.82) is 0 Å². The number of nitro groups is 1. The number of anilines is 1. The van der Waals surface area contributed by atoms with E-state index in [0.717, 1.165) is 11.6 Å². The summed E-state index contributed by atoms with van der Waals surface area (Å²) in [5.74, 6) is 0. The molecule has 0 saturated carbocycles. The van der Waals surface area contributed by atoms with Gasteiger partial charge in [0.15, 0.2) is 0 Å². The van der Waals surface area contributed by atoms with Crippen molar-refractivity contribution in [3.63, 3.8) is 0 Å². The molecule has 2 rings (SSSR count). The summed E-state index contributed by atoms with van der Waals surface area (Å²) in [7, 11) is -3.91. The topological polar surface area (TPSA) is 118 Å². The molecule has 0 aliphatic carbocycles. The summed E-state index contributed by atoms with van der Waals surface area (Å²) in [6, 6.07) is 7.17. The van der Waals surface area contributed by atoms with E-state index in [1.165, 1.54) is 16.4 Å². The molecule has 10 heteroatoms. The Kier molecular flexibility index (Phi) is 6.59. The molecule has 0 saturated heterocycles. The maximum atomic E-state index is 12.9. The fourth-order valence-corrected chi connectivity index (χ4v) is 4.05. The number of non-ortho nitro benzene ring substituents is 1. The summed E-state index contributed by atoms with van der Waals surface area (Å²) in [6.07, 6.45) is 3.24. The molecular formula is C17H21N5O4S. The van der Waals surface area contributed by atoms with Gasteiger partial charge in [-0.1, -0.05) is 13.8 Å². The molecule has 0 radical (unpaired) electrons. The zero-order valence-corrected chi connectivity index (χ0v) is 16.1. The van der Waals surface area contributed by atoms with E-state index < -0.39 is 14.9 Å². The Morgan fingerprint density at radius 2 is 1.85 bits per heavy atom. The van der Waals surface area contributed by atoms with E-state index >= 15 is 0 Å². The molecule has 1 N–H and O–H groups in total. The molecule has 1 aromatic carbocycles. The number of hydrogen-bond acceptors (Lipinski definition) is 7. The maximum Gasteiger partial charge on any atom is 0.270 e. The minimum absolute atomic E-state index is 0.168. The second-order valence-electron chi connectivity index (χ2n) is 5.57. The Bertz CT molecular complexity index is 941. The van der Waals surface area contributed by atoms with E-state index in [2.05, 4.69) is 15.5 Å². The third-order valence-electron chi connectivity index (χ3n) is 3.94. The predicted octanol–water partition coefficient (Wildman–Crippen LogP) is 2.86. The fourth-order valence-electron chi connectivity index (χ4n) is 2.43. The second kappa shape index (κ2) is 8.69. The van der Waals surface area contributed by atoms with Crippen LogP contribution in [0.2, 0.25) is 0 Å². The normalized spacial score (nSPS) is 12.2. The molecule has 1 heterocycles. The highest BCUT2D eigenvalue weighted by atomic mass is 32.2. The van der Waals surface area contributed by atoms with Crippen LogP contribution in [-0.4, -0.2) is 41.4 Å². The van der Waals surface area contributed by atoms with Gasteiger partial charge in [-0.15, -0.1) is 0 Å². The van der Waals surface area contributed by atoms with Gasteiger partial charge in [0, 0.05) is 43.2 Å². The first-order valence-electron chi connectivity index (χ1n) is 8.30. The van der Waals surface area contributed by atoms with Gasteiger partial charge in [-0.25, -0.2) is 8.42 Å². The molecule has 144 valence electrons. The van der Waals surface area contributed by atoms with Crippen LogP contribution in [0.4, 0.5) is 11.4 Å². The van der Waals surface area contributed by atoms with Crippen LogP contribution in [0.3, 0.4) is 0 Å². The van der Waals surface area contributed by atoms with E-state index in [4.69, 9.17) is 0 Å². The van der Waals surface area contributed by atoms with Crippen LogP contribution in [-0.2, 0) is 10.0 Å². The monoisotopic (exact) mass is 391 g/mol. The smallest absolute Gasteiger partial charge is 0.270 e. The molecule has 0 unspecified atom stereocenters. The van der Waals surface area contributed by atoms with Crippen LogP contribution in [0.5, 0.6) is 0 Å². The van der Waals surface area contributed by atoms with Crippen molar-refractivity contribution in [1.82, 2.24) is 9.29 Å². The Balaban J connectivity index is 2.49. The second-order valence-corrected chi connectivity index (χ2v) is 7.48. The molecule has 1 aromatic heterocycles. The summed E-state index contributed by atoms with van der Waals surface area (Å²) in [5.41, 5.74) is 4.01. The molecule has 0 aliphatic heterocycles. The Morgan fingerprint density at radius 1 is 1.22 bits per heavy atom. The van der Waals surface area contributed by atoms with Gasteiger partial charge in [0.2, 0.25) is 10.0 Å². The van der Waals surface area contributed by atoms with Crippen molar-refractivity contribution < 1.29 is 13.3 Å². The molecule has 0 atom stereocenters. The lowest BCUT2D eigenvalue weighted by Crippen LogP contribution is -2.31. The van der Waals surface area contributed by atoms with E-state index in [-0.39, 0.29) is 29.4 Å². The number of hydrogen-bond donors (Lipinski definition) is 1. The fraction of sp³-hybridized carbons (Fsp3) is 0.294. The van der Waals surface area contributed by atoms with Crippen LogP contribution in [0.15, 0.2) is 52.7 Å². The molecule has 0 amide bonds. The van der Waals surface area contributed by atoms with Gasteiger partial charge >= 0.3 is 0 Å². The van der Waals surface area contributed by atoms with Crippen LogP contribution < -0.4 is 5.43 Å². The van der Waals surface area contributed by atoms with E-state index in [1.807, 2.05) is 0 Å². The van der Waals surface area contributed by atoms with Crippen LogP contribution >= 0.6 is 0 Å². The van der Waals surface area contributed by atoms with Gasteiger partial charge in [0.25, 0.3) is 5.69 Å². The van der Waals surface area contributed by atoms with Gasteiger partial charge in [0.1, 0.15) is 4.90 Å². The number of pyridine rings is 1. The lowest BCUT2D eigenvalue weighted by Gasteiger charge is -2.20. The van der Waals surface area contributed by atoms with E-state index in [9.17, 15) is 18.5 Å². The number of hydrazone groups is 1. The zero-order valence-electron chi connectivity index (χ0n) is 15.3. The van der Waals surface area contributed by atoms with Crippen molar-refractivity contribution >= 4 is 27.1 Å². The largest absolute Gasteiger partial charge is 0.277 e. The van der Waals surface area contributed by atoms with Crippen molar-refractivity contribution in [2.75, 3.05) is 18.5 Å². The molecule has 0 aliphatic rings. The number of sulfonamides is 1. The number of nitro benzene ring substituents is 1. The highest BCUT2D eigenvalue weighted by molar-refractivity contribution is 7.89. The average Bonchev–Trinajstić information content (AvgIpc) is 2.67. The van der Waals surface area contributed by atoms with Crippen LogP contribution in [0.1, 0.15) is 26.3 Å². The molecule has 9 nitrogen and oxygen atoms in total. The SMILES string of the molecule is CCN(CC)S(=O)(=O)c1cc([N+](=O)[O-])ccc1NN=C(C)c1ccncc1. The Hall–Kier alpha value is -2.85. The Labute approximate surface area is 157 Å². The van der Waals surface area contributed by atoms with Crippen LogP contribution in [0.25, 0.3) is 0 Å². The number of nitrogens with zero attached hydrogens (tertiary/aromatic N) is 4. The number of benzene rings is 1. The average molecular weight is 391 g/mol. The van der Waals surface area contributed by atoms with Crippen LogP contribution in [0, 0.1) is 10.1 Å². The van der Waals surface area contributed by atoms with E-state index in [0.29, 0.717) is 5.71 Å². The molecule has 0 fully saturated rings. The third-order valence-corrected chi connectivity index (χ3v) is 6.03. The predicted molar refractivity (Wildman–Crippen MR) is 103 cm³/mol.